The minimum Gasteiger partial charge on any atom is -0.349 e. The Morgan fingerprint density at radius 2 is 1.53 bits per heavy atom. The van der Waals surface area contributed by atoms with Crippen LogP contribution in [0.2, 0.25) is 0 Å². The molecule has 0 aliphatic carbocycles. The lowest BCUT2D eigenvalue weighted by Gasteiger charge is -2.50. The van der Waals surface area contributed by atoms with Crippen LogP contribution in [0.5, 0.6) is 0 Å². The maximum absolute atomic E-state index is 12.2. The van der Waals surface area contributed by atoms with Gasteiger partial charge in [-0.3, -0.25) is 9.69 Å². The molecule has 0 heterocycles. The second-order valence-electron chi connectivity index (χ2n) is 7.22. The molecular weight excluding hydrogens is 240 g/mol. The van der Waals surface area contributed by atoms with E-state index in [2.05, 4.69) is 5.32 Å². The summed E-state index contributed by atoms with van der Waals surface area (Å²) in [6.45, 7) is 13.6. The molecule has 1 N–H and O–H groups in total. The zero-order valence-corrected chi connectivity index (χ0v) is 13.9. The Bertz CT molecular complexity index is 344. The van der Waals surface area contributed by atoms with Gasteiger partial charge in [0.1, 0.15) is 6.29 Å². The number of nitrogens with zero attached hydrogens (tertiary/aromatic N) is 1. The zero-order chi connectivity index (χ0) is 15.6. The fourth-order valence-corrected chi connectivity index (χ4v) is 1.76. The van der Waals surface area contributed by atoms with E-state index in [1.165, 1.54) is 0 Å². The number of aldehydes is 1. The maximum atomic E-state index is 12.2. The Kier molecular flexibility index (Phi) is 5.35. The van der Waals surface area contributed by atoms with Gasteiger partial charge in [0, 0.05) is 11.0 Å². The predicted molar refractivity (Wildman–Crippen MR) is 79.0 cm³/mol. The Hall–Kier alpha value is -0.900. The first-order valence-corrected chi connectivity index (χ1v) is 6.75. The molecule has 4 heteroatoms. The molecule has 1 atom stereocenters. The quantitative estimate of drug-likeness (QED) is 0.752. The Morgan fingerprint density at radius 3 is 1.84 bits per heavy atom. The zero-order valence-electron chi connectivity index (χ0n) is 13.9. The number of rotatable bonds is 6. The topological polar surface area (TPSA) is 49.4 Å². The van der Waals surface area contributed by atoms with Crippen molar-refractivity contribution in [3.63, 3.8) is 0 Å². The Labute approximate surface area is 117 Å². The number of hydrogen-bond acceptors (Lipinski definition) is 3. The summed E-state index contributed by atoms with van der Waals surface area (Å²) in [5.41, 5.74) is -1.38. The first kappa shape index (κ1) is 18.1. The van der Waals surface area contributed by atoms with Gasteiger partial charge in [-0.05, 0) is 40.3 Å². The fraction of sp³-hybridized carbons (Fsp3) is 0.867. The smallest absolute Gasteiger partial charge is 0.237 e. The third kappa shape index (κ3) is 3.56. The average Bonchev–Trinajstić information content (AvgIpc) is 2.26. The number of carbonyl (C=O) groups is 2. The van der Waals surface area contributed by atoms with E-state index in [-0.39, 0.29) is 17.4 Å². The highest BCUT2D eigenvalue weighted by atomic mass is 16.2. The highest BCUT2D eigenvalue weighted by molar-refractivity contribution is 5.82. The molecule has 0 aromatic carbocycles. The molecule has 19 heavy (non-hydrogen) atoms. The molecule has 0 bridgehead atoms. The largest absolute Gasteiger partial charge is 0.349 e. The van der Waals surface area contributed by atoms with E-state index in [4.69, 9.17) is 0 Å². The minimum atomic E-state index is -0.523. The summed E-state index contributed by atoms with van der Waals surface area (Å²) >= 11 is 0. The second-order valence-corrected chi connectivity index (χ2v) is 7.22. The first-order valence-electron chi connectivity index (χ1n) is 6.75. The van der Waals surface area contributed by atoms with Gasteiger partial charge in [-0.15, -0.1) is 0 Å². The standard InChI is InChI=1S/C15H30N2O2/c1-11(17(8)9)12(19)16-15(6,7)14(4,5)13(2,3)10-18/h10-11H,1-9H3,(H,16,19). The monoisotopic (exact) mass is 270 g/mol. The lowest BCUT2D eigenvalue weighted by atomic mass is 9.59. The molecule has 0 aromatic rings. The number of nitrogens with one attached hydrogen (secondary N) is 1. The second kappa shape index (κ2) is 5.61. The summed E-state index contributed by atoms with van der Waals surface area (Å²) in [6, 6.07) is -0.200. The molecule has 0 aromatic heterocycles. The lowest BCUT2D eigenvalue weighted by Crippen LogP contribution is -2.61. The van der Waals surface area contributed by atoms with Crippen molar-refractivity contribution >= 4 is 12.2 Å². The first-order chi connectivity index (χ1) is 8.30. The fourth-order valence-electron chi connectivity index (χ4n) is 1.76. The van der Waals surface area contributed by atoms with Crippen LogP contribution in [0, 0.1) is 10.8 Å². The molecule has 0 aliphatic rings. The summed E-state index contributed by atoms with van der Waals surface area (Å²) in [5.74, 6) is -0.0234. The highest BCUT2D eigenvalue weighted by Gasteiger charge is 2.49. The van der Waals surface area contributed by atoms with E-state index in [1.54, 1.807) is 0 Å². The molecule has 0 saturated carbocycles. The number of hydrogen-bond donors (Lipinski definition) is 1. The third-order valence-corrected chi connectivity index (χ3v) is 5.06. The van der Waals surface area contributed by atoms with Crippen LogP contribution in [0.25, 0.3) is 0 Å². The number of likely N-dealkylation sites (N-methyl/N-ethyl adjacent to an activating group) is 1. The van der Waals surface area contributed by atoms with Crippen molar-refractivity contribution in [2.75, 3.05) is 14.1 Å². The van der Waals surface area contributed by atoms with Crippen LogP contribution in [0.3, 0.4) is 0 Å². The highest BCUT2D eigenvalue weighted by Crippen LogP contribution is 2.45. The molecule has 0 rings (SSSR count). The van der Waals surface area contributed by atoms with Crippen molar-refractivity contribution in [2.24, 2.45) is 10.8 Å². The molecular formula is C15H30N2O2. The summed E-state index contributed by atoms with van der Waals surface area (Å²) in [7, 11) is 3.75. The molecule has 0 spiro atoms. The number of amides is 1. The van der Waals surface area contributed by atoms with E-state index in [0.717, 1.165) is 6.29 Å². The van der Waals surface area contributed by atoms with Crippen LogP contribution in [0.15, 0.2) is 0 Å². The van der Waals surface area contributed by atoms with E-state index >= 15 is 0 Å². The van der Waals surface area contributed by atoms with Gasteiger partial charge >= 0.3 is 0 Å². The molecule has 4 nitrogen and oxygen atoms in total. The van der Waals surface area contributed by atoms with Gasteiger partial charge in [0.15, 0.2) is 0 Å². The molecule has 0 aliphatic heterocycles. The molecule has 1 amide bonds. The maximum Gasteiger partial charge on any atom is 0.237 e. The van der Waals surface area contributed by atoms with Crippen LogP contribution < -0.4 is 5.32 Å². The van der Waals surface area contributed by atoms with Gasteiger partial charge < -0.3 is 10.1 Å². The van der Waals surface area contributed by atoms with E-state index in [9.17, 15) is 9.59 Å². The van der Waals surface area contributed by atoms with E-state index < -0.39 is 11.0 Å². The van der Waals surface area contributed by atoms with Crippen LogP contribution in [-0.4, -0.2) is 42.8 Å². The molecule has 0 saturated heterocycles. The minimum absolute atomic E-state index is 0.0234. The van der Waals surface area contributed by atoms with Crippen molar-refractivity contribution < 1.29 is 9.59 Å². The van der Waals surface area contributed by atoms with E-state index in [1.807, 2.05) is 67.5 Å². The van der Waals surface area contributed by atoms with Gasteiger partial charge in [-0.1, -0.05) is 27.7 Å². The summed E-state index contributed by atoms with van der Waals surface area (Å²) < 4.78 is 0. The Morgan fingerprint density at radius 1 is 1.11 bits per heavy atom. The van der Waals surface area contributed by atoms with Gasteiger partial charge in [-0.25, -0.2) is 0 Å². The van der Waals surface area contributed by atoms with Crippen molar-refractivity contribution in [2.45, 2.75) is 60.0 Å². The summed E-state index contributed by atoms with van der Waals surface area (Å²) in [6.07, 6.45) is 0.969. The van der Waals surface area contributed by atoms with Crippen LogP contribution in [-0.2, 0) is 9.59 Å². The van der Waals surface area contributed by atoms with Gasteiger partial charge in [0.25, 0.3) is 0 Å². The Balaban J connectivity index is 5.19. The molecule has 112 valence electrons. The summed E-state index contributed by atoms with van der Waals surface area (Å²) in [4.78, 5) is 25.4. The van der Waals surface area contributed by atoms with Crippen molar-refractivity contribution in [3.05, 3.63) is 0 Å². The van der Waals surface area contributed by atoms with Crippen LogP contribution in [0.4, 0.5) is 0 Å². The molecule has 1 unspecified atom stereocenters. The summed E-state index contributed by atoms with van der Waals surface area (Å²) in [5, 5.41) is 3.08. The van der Waals surface area contributed by atoms with Crippen molar-refractivity contribution in [3.8, 4) is 0 Å². The molecule has 0 radical (unpaired) electrons. The SMILES string of the molecule is CC(C(=O)NC(C)(C)C(C)(C)C(C)(C)C=O)N(C)C. The van der Waals surface area contributed by atoms with Gasteiger partial charge in [-0.2, -0.15) is 0 Å². The third-order valence-electron chi connectivity index (χ3n) is 5.06. The normalized spacial score (nSPS) is 15.3. The average molecular weight is 270 g/mol. The van der Waals surface area contributed by atoms with Gasteiger partial charge in [0.05, 0.1) is 6.04 Å². The number of carbonyl (C=O) groups excluding carboxylic acids is 2. The van der Waals surface area contributed by atoms with Crippen molar-refractivity contribution in [1.82, 2.24) is 10.2 Å². The van der Waals surface area contributed by atoms with E-state index in [0.29, 0.717) is 0 Å². The predicted octanol–water partition coefficient (Wildman–Crippen LogP) is 2.08. The van der Waals surface area contributed by atoms with Crippen LogP contribution in [0.1, 0.15) is 48.5 Å². The lowest BCUT2D eigenvalue weighted by molar-refractivity contribution is -0.133. The van der Waals surface area contributed by atoms with Gasteiger partial charge in [0.2, 0.25) is 5.91 Å². The molecule has 0 fully saturated rings. The van der Waals surface area contributed by atoms with Crippen molar-refractivity contribution in [1.29, 1.82) is 0 Å². The van der Waals surface area contributed by atoms with Crippen LogP contribution >= 0.6 is 0 Å².